The van der Waals surface area contributed by atoms with Gasteiger partial charge in [-0.25, -0.2) is 4.98 Å². The van der Waals surface area contributed by atoms with E-state index < -0.39 is 0 Å². The molecule has 0 amide bonds. The molecule has 100 valence electrons. The zero-order valence-electron chi connectivity index (χ0n) is 11.2. The maximum atomic E-state index is 4.30. The van der Waals surface area contributed by atoms with Crippen molar-refractivity contribution in [1.82, 2.24) is 4.98 Å². The van der Waals surface area contributed by atoms with E-state index >= 15 is 0 Å². The third-order valence-corrected chi connectivity index (χ3v) is 3.84. The van der Waals surface area contributed by atoms with Crippen LogP contribution in [0.2, 0.25) is 0 Å². The number of aromatic nitrogens is 1. The summed E-state index contributed by atoms with van der Waals surface area (Å²) in [5.74, 6) is 0.899. The van der Waals surface area contributed by atoms with Crippen molar-refractivity contribution < 1.29 is 0 Å². The highest BCUT2D eigenvalue weighted by Crippen LogP contribution is 2.28. The lowest BCUT2D eigenvalue weighted by Crippen LogP contribution is -2.02. The van der Waals surface area contributed by atoms with Gasteiger partial charge in [0.1, 0.15) is 5.82 Å². The van der Waals surface area contributed by atoms with E-state index in [1.54, 1.807) is 0 Å². The first kappa shape index (κ1) is 13.9. The molecule has 0 saturated heterocycles. The second kappa shape index (κ2) is 6.57. The van der Waals surface area contributed by atoms with Gasteiger partial charge >= 0.3 is 0 Å². The Morgan fingerprint density at radius 3 is 2.89 bits per heavy atom. The Morgan fingerprint density at radius 1 is 1.26 bits per heavy atom. The number of hydrogen-bond donors (Lipinski definition) is 2. The highest BCUT2D eigenvalue weighted by molar-refractivity contribution is 9.10. The van der Waals surface area contributed by atoms with Crippen molar-refractivity contribution in [2.24, 2.45) is 0 Å². The van der Waals surface area contributed by atoms with Crippen LogP contribution >= 0.6 is 15.9 Å². The van der Waals surface area contributed by atoms with Crippen LogP contribution in [-0.4, -0.2) is 11.5 Å². The summed E-state index contributed by atoms with van der Waals surface area (Å²) in [6.45, 7) is 5.15. The van der Waals surface area contributed by atoms with E-state index in [1.165, 1.54) is 5.56 Å². The van der Waals surface area contributed by atoms with E-state index in [9.17, 15) is 0 Å². The van der Waals surface area contributed by atoms with Gasteiger partial charge in [-0.05, 0) is 47.0 Å². The highest BCUT2D eigenvalue weighted by atomic mass is 79.9. The minimum absolute atomic E-state index is 0.899. The summed E-state index contributed by atoms with van der Waals surface area (Å²) in [5, 5.41) is 6.69. The summed E-state index contributed by atoms with van der Waals surface area (Å²) in [6, 6.07) is 10.2. The first-order chi connectivity index (χ1) is 9.20. The quantitative estimate of drug-likeness (QED) is 0.837. The van der Waals surface area contributed by atoms with Crippen molar-refractivity contribution in [2.75, 3.05) is 17.2 Å². The molecule has 0 atom stereocenters. The van der Waals surface area contributed by atoms with Gasteiger partial charge in [-0.1, -0.05) is 19.1 Å². The lowest BCUT2D eigenvalue weighted by atomic mass is 10.2. The lowest BCUT2D eigenvalue weighted by Gasteiger charge is -2.11. The summed E-state index contributed by atoms with van der Waals surface area (Å²) in [4.78, 5) is 4.30. The zero-order chi connectivity index (χ0) is 13.7. The van der Waals surface area contributed by atoms with E-state index in [0.717, 1.165) is 34.6 Å². The normalized spacial score (nSPS) is 10.3. The number of anilines is 3. The van der Waals surface area contributed by atoms with E-state index in [4.69, 9.17) is 0 Å². The Morgan fingerprint density at radius 2 is 2.11 bits per heavy atom. The fraction of sp³-hybridized carbons (Fsp3) is 0.267. The molecule has 2 aromatic rings. The summed E-state index contributed by atoms with van der Waals surface area (Å²) >= 11 is 3.60. The summed E-state index contributed by atoms with van der Waals surface area (Å²) in [6.07, 6.45) is 2.90. The van der Waals surface area contributed by atoms with Crippen LogP contribution < -0.4 is 10.6 Å². The standard InChI is InChI=1S/C15H18BrN3/c1-3-8-17-14-10-12(7-9-18-14)19-13-6-4-5-11(2)15(13)16/h4-7,9-10H,3,8H2,1-2H3,(H2,17,18,19). The molecule has 0 fully saturated rings. The average molecular weight is 320 g/mol. The molecule has 1 aromatic carbocycles. The van der Waals surface area contributed by atoms with Crippen LogP contribution in [0.4, 0.5) is 17.2 Å². The largest absolute Gasteiger partial charge is 0.370 e. The van der Waals surface area contributed by atoms with Crippen molar-refractivity contribution in [3.63, 3.8) is 0 Å². The fourth-order valence-electron chi connectivity index (χ4n) is 1.76. The SMILES string of the molecule is CCCNc1cc(Nc2cccc(C)c2Br)ccn1. The minimum atomic E-state index is 0.899. The topological polar surface area (TPSA) is 37.0 Å². The van der Waals surface area contributed by atoms with Crippen molar-refractivity contribution >= 4 is 33.1 Å². The molecule has 2 N–H and O–H groups in total. The van der Waals surface area contributed by atoms with Crippen LogP contribution in [0.1, 0.15) is 18.9 Å². The number of aryl methyl sites for hydroxylation is 1. The highest BCUT2D eigenvalue weighted by Gasteiger charge is 2.03. The van der Waals surface area contributed by atoms with Gasteiger partial charge in [0.15, 0.2) is 0 Å². The molecule has 0 bridgehead atoms. The molecule has 1 heterocycles. The van der Waals surface area contributed by atoms with E-state index in [0.29, 0.717) is 0 Å². The predicted octanol–water partition coefficient (Wildman–Crippen LogP) is 4.72. The molecule has 0 unspecified atom stereocenters. The number of nitrogens with one attached hydrogen (secondary N) is 2. The molecule has 3 nitrogen and oxygen atoms in total. The molecule has 0 aliphatic carbocycles. The molecule has 0 saturated carbocycles. The van der Waals surface area contributed by atoms with Crippen molar-refractivity contribution in [1.29, 1.82) is 0 Å². The third-order valence-electron chi connectivity index (χ3n) is 2.79. The monoisotopic (exact) mass is 319 g/mol. The molecule has 2 rings (SSSR count). The predicted molar refractivity (Wildman–Crippen MR) is 85.2 cm³/mol. The molecule has 19 heavy (non-hydrogen) atoms. The second-order valence-electron chi connectivity index (χ2n) is 4.42. The maximum absolute atomic E-state index is 4.30. The Labute approximate surface area is 122 Å². The van der Waals surface area contributed by atoms with Crippen LogP contribution in [0.25, 0.3) is 0 Å². The van der Waals surface area contributed by atoms with E-state index in [2.05, 4.69) is 57.5 Å². The molecule has 4 heteroatoms. The molecular weight excluding hydrogens is 302 g/mol. The molecule has 1 aromatic heterocycles. The third kappa shape index (κ3) is 3.70. The van der Waals surface area contributed by atoms with Gasteiger partial charge in [-0.3, -0.25) is 0 Å². The van der Waals surface area contributed by atoms with Gasteiger partial charge in [-0.2, -0.15) is 0 Å². The Hall–Kier alpha value is -1.55. The Balaban J connectivity index is 2.16. The molecule has 0 aliphatic heterocycles. The van der Waals surface area contributed by atoms with E-state index in [1.807, 2.05) is 24.4 Å². The Bertz CT molecular complexity index is 555. The Kier molecular flexibility index (Phi) is 4.80. The average Bonchev–Trinajstić information content (AvgIpc) is 2.42. The summed E-state index contributed by atoms with van der Waals surface area (Å²) in [5.41, 5.74) is 3.30. The van der Waals surface area contributed by atoms with Gasteiger partial charge in [-0.15, -0.1) is 0 Å². The maximum Gasteiger partial charge on any atom is 0.127 e. The van der Waals surface area contributed by atoms with Crippen LogP contribution in [0.3, 0.4) is 0 Å². The first-order valence-corrected chi connectivity index (χ1v) is 7.22. The fourth-order valence-corrected chi connectivity index (χ4v) is 2.12. The van der Waals surface area contributed by atoms with Gasteiger partial charge in [0.25, 0.3) is 0 Å². The van der Waals surface area contributed by atoms with Crippen molar-refractivity contribution in [3.8, 4) is 0 Å². The second-order valence-corrected chi connectivity index (χ2v) is 5.21. The number of pyridine rings is 1. The van der Waals surface area contributed by atoms with Gasteiger partial charge < -0.3 is 10.6 Å². The first-order valence-electron chi connectivity index (χ1n) is 6.42. The molecular formula is C15H18BrN3. The summed E-state index contributed by atoms with van der Waals surface area (Å²) in [7, 11) is 0. The number of halogens is 1. The van der Waals surface area contributed by atoms with E-state index in [-0.39, 0.29) is 0 Å². The number of nitrogens with zero attached hydrogens (tertiary/aromatic N) is 1. The van der Waals surface area contributed by atoms with Gasteiger partial charge in [0.2, 0.25) is 0 Å². The molecule has 0 aliphatic rings. The smallest absolute Gasteiger partial charge is 0.127 e. The molecule has 0 radical (unpaired) electrons. The van der Waals surface area contributed by atoms with Gasteiger partial charge in [0, 0.05) is 29.0 Å². The lowest BCUT2D eigenvalue weighted by molar-refractivity contribution is 0.969. The summed E-state index contributed by atoms with van der Waals surface area (Å²) < 4.78 is 1.09. The molecule has 0 spiro atoms. The van der Waals surface area contributed by atoms with Crippen LogP contribution in [0, 0.1) is 6.92 Å². The van der Waals surface area contributed by atoms with Crippen LogP contribution in [-0.2, 0) is 0 Å². The van der Waals surface area contributed by atoms with Crippen LogP contribution in [0.5, 0.6) is 0 Å². The number of rotatable bonds is 5. The number of hydrogen-bond acceptors (Lipinski definition) is 3. The minimum Gasteiger partial charge on any atom is -0.370 e. The van der Waals surface area contributed by atoms with Gasteiger partial charge in [0.05, 0.1) is 5.69 Å². The van der Waals surface area contributed by atoms with Crippen molar-refractivity contribution in [2.45, 2.75) is 20.3 Å². The number of benzene rings is 1. The zero-order valence-corrected chi connectivity index (χ0v) is 12.8. The van der Waals surface area contributed by atoms with Crippen LogP contribution in [0.15, 0.2) is 41.0 Å². The van der Waals surface area contributed by atoms with Crippen molar-refractivity contribution in [3.05, 3.63) is 46.6 Å².